The van der Waals surface area contributed by atoms with Crippen molar-refractivity contribution in [2.45, 2.75) is 31.7 Å². The summed E-state index contributed by atoms with van der Waals surface area (Å²) in [5.74, 6) is 0.0826. The van der Waals surface area contributed by atoms with E-state index in [1.165, 1.54) is 25.7 Å². The molecule has 24 heavy (non-hydrogen) atoms. The minimum atomic E-state index is 0.0826. The Hall–Kier alpha value is -0.760. The van der Waals surface area contributed by atoms with E-state index in [0.29, 0.717) is 5.69 Å². The molecular formula is C17H20BrN3OS2. The topological polar surface area (TPSA) is 36.4 Å². The third kappa shape index (κ3) is 3.45. The number of carbonyl (C=O) groups excluding carboxylic acids is 1. The fraction of sp³-hybridized carbons (Fsp3) is 0.529. The highest BCUT2D eigenvalue weighted by atomic mass is 79.9. The summed E-state index contributed by atoms with van der Waals surface area (Å²) in [5.41, 5.74) is 0.592. The predicted molar refractivity (Wildman–Crippen MR) is 103 cm³/mol. The lowest BCUT2D eigenvalue weighted by Gasteiger charge is -2.37. The van der Waals surface area contributed by atoms with Crippen LogP contribution in [-0.2, 0) is 0 Å². The minimum Gasteiger partial charge on any atom is -0.335 e. The van der Waals surface area contributed by atoms with Crippen LogP contribution >= 0.6 is 38.6 Å². The van der Waals surface area contributed by atoms with E-state index in [4.69, 9.17) is 0 Å². The molecule has 0 bridgehead atoms. The first-order valence-corrected chi connectivity index (χ1v) is 11.0. The monoisotopic (exact) mass is 425 g/mol. The molecule has 0 unspecified atom stereocenters. The standard InChI is InChI=1S/C17H20BrN3OS2/c18-12-9-15(23-10-12)16-19-14(11-24-16)17(22)21-7-5-20(6-8-21)13-3-1-2-4-13/h9-11,13H,1-8H2. The molecule has 128 valence electrons. The first-order chi connectivity index (χ1) is 11.7. The highest BCUT2D eigenvalue weighted by Crippen LogP contribution is 2.32. The molecule has 0 radical (unpaired) electrons. The van der Waals surface area contributed by atoms with E-state index in [0.717, 1.165) is 46.6 Å². The second kappa shape index (κ2) is 7.23. The molecule has 4 nitrogen and oxygen atoms in total. The average Bonchev–Trinajstić information content (AvgIpc) is 3.35. The van der Waals surface area contributed by atoms with Crippen molar-refractivity contribution in [2.75, 3.05) is 26.2 Å². The minimum absolute atomic E-state index is 0.0826. The number of nitrogens with zero attached hydrogens (tertiary/aromatic N) is 3. The summed E-state index contributed by atoms with van der Waals surface area (Å²) in [7, 11) is 0. The molecule has 1 aliphatic carbocycles. The average molecular weight is 426 g/mol. The number of thiophene rings is 1. The number of thiazole rings is 1. The van der Waals surface area contributed by atoms with Gasteiger partial charge in [0, 0.05) is 47.5 Å². The predicted octanol–water partition coefficient (Wildman–Crippen LogP) is 4.33. The molecule has 2 aromatic rings. The fourth-order valence-corrected chi connectivity index (χ4v) is 5.93. The second-order valence-electron chi connectivity index (χ2n) is 6.43. The molecule has 1 saturated heterocycles. The third-order valence-electron chi connectivity index (χ3n) is 4.94. The maximum atomic E-state index is 12.7. The lowest BCUT2D eigenvalue weighted by molar-refractivity contribution is 0.0569. The molecular weight excluding hydrogens is 406 g/mol. The second-order valence-corrected chi connectivity index (χ2v) is 9.12. The maximum Gasteiger partial charge on any atom is 0.273 e. The van der Waals surface area contributed by atoms with Crippen LogP contribution in [0.4, 0.5) is 0 Å². The van der Waals surface area contributed by atoms with Crippen molar-refractivity contribution in [2.24, 2.45) is 0 Å². The molecule has 1 saturated carbocycles. The van der Waals surface area contributed by atoms with Gasteiger partial charge in [-0.1, -0.05) is 12.8 Å². The Bertz CT molecular complexity index is 715. The van der Waals surface area contributed by atoms with Gasteiger partial charge in [-0.25, -0.2) is 4.98 Å². The van der Waals surface area contributed by atoms with Crippen molar-refractivity contribution in [1.29, 1.82) is 0 Å². The van der Waals surface area contributed by atoms with Crippen molar-refractivity contribution in [3.63, 3.8) is 0 Å². The summed E-state index contributed by atoms with van der Waals surface area (Å²) >= 11 is 6.67. The van der Waals surface area contributed by atoms with Crippen LogP contribution in [0.3, 0.4) is 0 Å². The Labute approximate surface area is 158 Å². The van der Waals surface area contributed by atoms with Crippen molar-refractivity contribution in [1.82, 2.24) is 14.8 Å². The van der Waals surface area contributed by atoms with Crippen molar-refractivity contribution in [3.05, 3.63) is 27.0 Å². The third-order valence-corrected chi connectivity index (χ3v) is 7.65. The molecule has 0 atom stereocenters. The molecule has 2 fully saturated rings. The summed E-state index contributed by atoms with van der Waals surface area (Å²) in [5, 5.41) is 4.87. The zero-order chi connectivity index (χ0) is 16.5. The molecule has 0 aromatic carbocycles. The molecule has 7 heteroatoms. The molecule has 4 rings (SSSR count). The first-order valence-electron chi connectivity index (χ1n) is 8.44. The number of hydrogen-bond donors (Lipinski definition) is 0. The SMILES string of the molecule is O=C(c1csc(-c2cc(Br)cs2)n1)N1CCN(C2CCCC2)CC1. The van der Waals surface area contributed by atoms with Crippen LogP contribution in [0.15, 0.2) is 21.3 Å². The van der Waals surface area contributed by atoms with E-state index in [1.807, 2.05) is 15.7 Å². The Morgan fingerprint density at radius 2 is 1.88 bits per heavy atom. The maximum absolute atomic E-state index is 12.7. The van der Waals surface area contributed by atoms with Gasteiger partial charge >= 0.3 is 0 Å². The van der Waals surface area contributed by atoms with Crippen LogP contribution in [0.5, 0.6) is 0 Å². The van der Waals surface area contributed by atoms with Crippen LogP contribution in [0, 0.1) is 0 Å². The number of piperazine rings is 1. The Morgan fingerprint density at radius 3 is 2.54 bits per heavy atom. The van der Waals surface area contributed by atoms with Gasteiger partial charge in [-0.15, -0.1) is 22.7 Å². The molecule has 1 aliphatic heterocycles. The lowest BCUT2D eigenvalue weighted by atomic mass is 10.2. The van der Waals surface area contributed by atoms with Crippen molar-refractivity contribution < 1.29 is 4.79 Å². The van der Waals surface area contributed by atoms with Gasteiger partial charge in [-0.05, 0) is 34.8 Å². The van der Waals surface area contributed by atoms with Crippen LogP contribution in [-0.4, -0.2) is 52.9 Å². The lowest BCUT2D eigenvalue weighted by Crippen LogP contribution is -2.51. The largest absolute Gasteiger partial charge is 0.335 e. The molecule has 1 amide bonds. The summed E-state index contributed by atoms with van der Waals surface area (Å²) in [6.45, 7) is 3.66. The van der Waals surface area contributed by atoms with Crippen LogP contribution in [0.25, 0.3) is 9.88 Å². The van der Waals surface area contributed by atoms with Gasteiger partial charge in [0.25, 0.3) is 5.91 Å². The smallest absolute Gasteiger partial charge is 0.273 e. The van der Waals surface area contributed by atoms with E-state index >= 15 is 0 Å². The van der Waals surface area contributed by atoms with Crippen LogP contribution < -0.4 is 0 Å². The number of amides is 1. The quantitative estimate of drug-likeness (QED) is 0.733. The van der Waals surface area contributed by atoms with E-state index in [-0.39, 0.29) is 5.91 Å². The molecule has 0 N–H and O–H groups in total. The zero-order valence-electron chi connectivity index (χ0n) is 13.4. The molecule has 0 spiro atoms. The Morgan fingerprint density at radius 1 is 1.12 bits per heavy atom. The Balaban J connectivity index is 1.39. The molecule has 2 aromatic heterocycles. The fourth-order valence-electron chi connectivity index (χ4n) is 3.63. The van der Waals surface area contributed by atoms with Gasteiger partial charge in [0.2, 0.25) is 0 Å². The number of aromatic nitrogens is 1. The normalized spacial score (nSPS) is 20.0. The van der Waals surface area contributed by atoms with Gasteiger partial charge in [0.1, 0.15) is 10.7 Å². The summed E-state index contributed by atoms with van der Waals surface area (Å²) in [4.78, 5) is 22.9. The number of halogens is 1. The van der Waals surface area contributed by atoms with Gasteiger partial charge in [0.05, 0.1) is 4.88 Å². The summed E-state index contributed by atoms with van der Waals surface area (Å²) in [6, 6.07) is 2.81. The van der Waals surface area contributed by atoms with Crippen molar-refractivity contribution in [3.8, 4) is 9.88 Å². The van der Waals surface area contributed by atoms with E-state index in [1.54, 1.807) is 22.7 Å². The molecule has 2 aliphatic rings. The summed E-state index contributed by atoms with van der Waals surface area (Å²) < 4.78 is 1.06. The number of hydrogen-bond acceptors (Lipinski definition) is 5. The Kier molecular flexibility index (Phi) is 5.03. The highest BCUT2D eigenvalue weighted by Gasteiger charge is 2.29. The van der Waals surface area contributed by atoms with Gasteiger partial charge in [-0.3, -0.25) is 9.69 Å². The van der Waals surface area contributed by atoms with E-state index in [9.17, 15) is 4.79 Å². The van der Waals surface area contributed by atoms with Gasteiger partial charge in [0.15, 0.2) is 0 Å². The van der Waals surface area contributed by atoms with Gasteiger partial charge < -0.3 is 4.90 Å². The van der Waals surface area contributed by atoms with Crippen LogP contribution in [0.2, 0.25) is 0 Å². The van der Waals surface area contributed by atoms with E-state index in [2.05, 4.69) is 31.9 Å². The van der Waals surface area contributed by atoms with Crippen LogP contribution in [0.1, 0.15) is 36.2 Å². The number of carbonyl (C=O) groups is 1. The zero-order valence-corrected chi connectivity index (χ0v) is 16.6. The molecule has 3 heterocycles. The van der Waals surface area contributed by atoms with Crippen molar-refractivity contribution >= 4 is 44.5 Å². The van der Waals surface area contributed by atoms with E-state index < -0.39 is 0 Å². The highest BCUT2D eigenvalue weighted by molar-refractivity contribution is 9.10. The number of rotatable bonds is 3. The van der Waals surface area contributed by atoms with Gasteiger partial charge in [-0.2, -0.15) is 0 Å². The first kappa shape index (κ1) is 16.7. The summed E-state index contributed by atoms with van der Waals surface area (Å²) in [6.07, 6.45) is 5.40.